The molecule has 0 spiro atoms. The van der Waals surface area contributed by atoms with Crippen LogP contribution in [0.1, 0.15) is 35.2 Å². The first-order chi connectivity index (χ1) is 18.4. The molecule has 1 fully saturated rings. The van der Waals surface area contributed by atoms with Crippen molar-refractivity contribution >= 4 is 17.4 Å². The second kappa shape index (κ2) is 10.7. The highest BCUT2D eigenvalue weighted by atomic mass is 19.1. The third kappa shape index (κ3) is 4.99. The minimum atomic E-state index is -0.831. The maximum absolute atomic E-state index is 13.2. The van der Waals surface area contributed by atoms with Crippen molar-refractivity contribution in [2.75, 3.05) is 20.3 Å². The predicted molar refractivity (Wildman–Crippen MR) is 138 cm³/mol. The minimum Gasteiger partial charge on any atom is -0.507 e. The van der Waals surface area contributed by atoms with E-state index < -0.39 is 17.7 Å². The molecule has 0 aliphatic carbocycles. The summed E-state index contributed by atoms with van der Waals surface area (Å²) < 4.78 is 30.1. The Kier molecular flexibility index (Phi) is 7.15. The molecule has 38 heavy (non-hydrogen) atoms. The lowest BCUT2D eigenvalue weighted by atomic mass is 9.94. The van der Waals surface area contributed by atoms with Crippen LogP contribution in [0.3, 0.4) is 0 Å². The van der Waals surface area contributed by atoms with Gasteiger partial charge >= 0.3 is 0 Å². The average Bonchev–Trinajstić information content (AvgIpc) is 3.42. The van der Waals surface area contributed by atoms with Crippen LogP contribution < -0.4 is 9.47 Å². The monoisotopic (exact) mass is 517 g/mol. The van der Waals surface area contributed by atoms with E-state index in [9.17, 15) is 19.1 Å². The lowest BCUT2D eigenvalue weighted by Gasteiger charge is -2.25. The van der Waals surface area contributed by atoms with Crippen molar-refractivity contribution in [2.45, 2.75) is 32.1 Å². The summed E-state index contributed by atoms with van der Waals surface area (Å²) in [4.78, 5) is 27.7. The fourth-order valence-electron chi connectivity index (χ4n) is 4.89. The lowest BCUT2D eigenvalue weighted by Crippen LogP contribution is -2.32. The average molecular weight is 518 g/mol. The number of benzene rings is 3. The van der Waals surface area contributed by atoms with Gasteiger partial charge in [0, 0.05) is 25.6 Å². The van der Waals surface area contributed by atoms with Gasteiger partial charge in [0.15, 0.2) is 0 Å². The molecule has 196 valence electrons. The molecular formula is C30H28FNO6. The number of nitrogens with zero attached hydrogens (tertiary/aromatic N) is 1. The maximum atomic E-state index is 13.2. The van der Waals surface area contributed by atoms with E-state index in [4.69, 9.17) is 14.2 Å². The van der Waals surface area contributed by atoms with Crippen molar-refractivity contribution < 1.29 is 33.3 Å². The molecule has 2 aliphatic heterocycles. The number of Topliss-reactive ketones (excluding diaryl/α,β-unsaturated/α-hetero) is 1. The van der Waals surface area contributed by atoms with Gasteiger partial charge in [-0.15, -0.1) is 0 Å². The van der Waals surface area contributed by atoms with Crippen molar-refractivity contribution in [3.63, 3.8) is 0 Å². The van der Waals surface area contributed by atoms with Crippen LogP contribution in [0.2, 0.25) is 0 Å². The van der Waals surface area contributed by atoms with Crippen molar-refractivity contribution in [2.24, 2.45) is 0 Å². The normalized spacial score (nSPS) is 19.9. The molecule has 1 saturated heterocycles. The maximum Gasteiger partial charge on any atom is 0.295 e. The molecule has 0 bridgehead atoms. The highest BCUT2D eigenvalue weighted by Gasteiger charge is 2.46. The summed E-state index contributed by atoms with van der Waals surface area (Å²) in [6.07, 6.45) is 0.717. The Morgan fingerprint density at radius 1 is 1.11 bits per heavy atom. The Labute approximate surface area is 220 Å². The van der Waals surface area contributed by atoms with Crippen molar-refractivity contribution in [1.82, 2.24) is 4.90 Å². The van der Waals surface area contributed by atoms with Gasteiger partial charge in [-0.05, 0) is 66.1 Å². The van der Waals surface area contributed by atoms with E-state index in [-0.39, 0.29) is 43.0 Å². The zero-order valence-electron chi connectivity index (χ0n) is 21.1. The summed E-state index contributed by atoms with van der Waals surface area (Å²) >= 11 is 0. The number of aliphatic hydroxyl groups is 1. The number of amides is 1. The van der Waals surface area contributed by atoms with E-state index in [1.807, 2.05) is 6.92 Å². The highest BCUT2D eigenvalue weighted by molar-refractivity contribution is 6.46. The molecule has 3 aromatic rings. The molecule has 2 atom stereocenters. The second-order valence-corrected chi connectivity index (χ2v) is 9.43. The first-order valence-electron chi connectivity index (χ1n) is 12.4. The largest absolute Gasteiger partial charge is 0.507 e. The number of rotatable bonds is 8. The van der Waals surface area contributed by atoms with Gasteiger partial charge in [-0.2, -0.15) is 0 Å². The smallest absolute Gasteiger partial charge is 0.295 e. The molecule has 3 aromatic carbocycles. The molecule has 0 aromatic heterocycles. The molecule has 1 amide bonds. The standard InChI is InChI=1S/C30H28FNO6/c1-18-14-22-15-21(8-11-25(22)38-18)28(33)26-27(32(12-13-36-2)30(35)29(26)34)20-4-3-5-24(16-20)37-17-19-6-9-23(31)10-7-19/h3-11,15-16,18,27,33H,12-14,17H2,1-2H3/b28-26-. The number of carbonyl (C=O) groups is 2. The number of hydrogen-bond donors (Lipinski definition) is 1. The van der Waals surface area contributed by atoms with Crippen LogP contribution in [0.25, 0.3) is 5.76 Å². The fraction of sp³-hybridized carbons (Fsp3) is 0.267. The van der Waals surface area contributed by atoms with Gasteiger partial charge in [-0.25, -0.2) is 4.39 Å². The molecule has 2 aliphatic rings. The number of ketones is 1. The molecule has 0 saturated carbocycles. The third-order valence-corrected chi connectivity index (χ3v) is 6.74. The van der Waals surface area contributed by atoms with Crippen molar-refractivity contribution in [3.05, 3.63) is 100 Å². The van der Waals surface area contributed by atoms with E-state index >= 15 is 0 Å². The number of ether oxygens (including phenoxy) is 3. The van der Waals surface area contributed by atoms with Crippen LogP contribution in [-0.4, -0.2) is 48.1 Å². The van der Waals surface area contributed by atoms with Crippen molar-refractivity contribution in [1.29, 1.82) is 0 Å². The highest BCUT2D eigenvalue weighted by Crippen LogP contribution is 2.41. The van der Waals surface area contributed by atoms with Gasteiger partial charge in [0.25, 0.3) is 11.7 Å². The third-order valence-electron chi connectivity index (χ3n) is 6.74. The summed E-state index contributed by atoms with van der Waals surface area (Å²) in [6.45, 7) is 2.56. The lowest BCUT2D eigenvalue weighted by molar-refractivity contribution is -0.140. The number of likely N-dealkylation sites (tertiary alicyclic amines) is 1. The minimum absolute atomic E-state index is 0.00806. The van der Waals surface area contributed by atoms with Crippen LogP contribution in [0, 0.1) is 5.82 Å². The Morgan fingerprint density at radius 3 is 2.66 bits per heavy atom. The van der Waals surface area contributed by atoms with Gasteiger partial charge in [0.1, 0.15) is 35.8 Å². The Morgan fingerprint density at radius 2 is 1.89 bits per heavy atom. The molecule has 2 heterocycles. The van der Waals surface area contributed by atoms with Crippen LogP contribution in [0.4, 0.5) is 4.39 Å². The zero-order valence-corrected chi connectivity index (χ0v) is 21.1. The van der Waals surface area contributed by atoms with Gasteiger partial charge in [0.2, 0.25) is 0 Å². The van der Waals surface area contributed by atoms with Crippen LogP contribution in [0.5, 0.6) is 11.5 Å². The predicted octanol–water partition coefficient (Wildman–Crippen LogP) is 4.80. The van der Waals surface area contributed by atoms with Crippen LogP contribution in [0.15, 0.2) is 72.3 Å². The number of hydrogen-bond acceptors (Lipinski definition) is 6. The van der Waals surface area contributed by atoms with E-state index in [1.54, 1.807) is 54.6 Å². The topological polar surface area (TPSA) is 85.3 Å². The summed E-state index contributed by atoms with van der Waals surface area (Å²) in [5.74, 6) is -0.777. The van der Waals surface area contributed by atoms with Crippen LogP contribution in [-0.2, 0) is 27.4 Å². The SMILES string of the molecule is COCCN1C(=O)C(=O)/C(=C(\O)c2ccc3c(c2)CC(C)O3)C1c1cccc(OCc2ccc(F)cc2)c1. The fourth-order valence-corrected chi connectivity index (χ4v) is 4.89. The van der Waals surface area contributed by atoms with Gasteiger partial charge in [-0.3, -0.25) is 9.59 Å². The summed E-state index contributed by atoms with van der Waals surface area (Å²) in [5, 5.41) is 11.4. The molecule has 7 nitrogen and oxygen atoms in total. The molecular weight excluding hydrogens is 489 g/mol. The van der Waals surface area contributed by atoms with E-state index in [1.165, 1.54) is 24.1 Å². The number of methoxy groups -OCH3 is 1. The Bertz CT molecular complexity index is 1400. The van der Waals surface area contributed by atoms with Gasteiger partial charge in [0.05, 0.1) is 18.2 Å². The number of aliphatic hydroxyl groups excluding tert-OH is 1. The number of fused-ring (bicyclic) bond motifs is 1. The van der Waals surface area contributed by atoms with E-state index in [0.717, 1.165) is 16.9 Å². The molecule has 5 rings (SSSR count). The molecule has 8 heteroatoms. The van der Waals surface area contributed by atoms with Crippen molar-refractivity contribution in [3.8, 4) is 11.5 Å². The Balaban J connectivity index is 1.51. The van der Waals surface area contributed by atoms with Crippen LogP contribution >= 0.6 is 0 Å². The van der Waals surface area contributed by atoms with E-state index in [0.29, 0.717) is 23.3 Å². The molecule has 0 radical (unpaired) electrons. The summed E-state index contributed by atoms with van der Waals surface area (Å²) in [7, 11) is 1.52. The number of halogens is 1. The summed E-state index contributed by atoms with van der Waals surface area (Å²) in [6, 6.07) is 17.5. The van der Waals surface area contributed by atoms with Gasteiger partial charge in [-0.1, -0.05) is 24.3 Å². The van der Waals surface area contributed by atoms with Gasteiger partial charge < -0.3 is 24.2 Å². The zero-order chi connectivity index (χ0) is 26.8. The summed E-state index contributed by atoms with van der Waals surface area (Å²) in [5.41, 5.74) is 2.78. The first-order valence-corrected chi connectivity index (χ1v) is 12.4. The van der Waals surface area contributed by atoms with E-state index in [2.05, 4.69) is 0 Å². The molecule has 2 unspecified atom stereocenters. The molecule has 1 N–H and O–H groups in total. The first kappa shape index (κ1) is 25.5. The quantitative estimate of drug-likeness (QED) is 0.263. The second-order valence-electron chi connectivity index (χ2n) is 9.43. The Hall–Kier alpha value is -4.17. The number of carbonyl (C=O) groups excluding carboxylic acids is 2.